The Hall–Kier alpha value is -3.88. The third-order valence-electron chi connectivity index (χ3n) is 12.2. The zero-order valence-corrected chi connectivity index (χ0v) is 34.1. The number of amides is 3. The largest absolute Gasteiger partial charge is 0.488 e. The smallest absolute Gasteiger partial charge is 0.408 e. The van der Waals surface area contributed by atoms with Gasteiger partial charge < -0.3 is 44.0 Å². The van der Waals surface area contributed by atoms with Crippen molar-refractivity contribution < 1.29 is 47.6 Å². The van der Waals surface area contributed by atoms with Gasteiger partial charge in [-0.15, -0.1) is 0 Å². The molecule has 1 aliphatic heterocycles. The number of rotatable bonds is 15. The number of halogens is 1. The first-order chi connectivity index (χ1) is 26.7. The average Bonchev–Trinajstić information content (AvgIpc) is 4.13. The molecule has 56 heavy (non-hydrogen) atoms. The molecule has 0 radical (unpaired) electrons. The first-order valence-electron chi connectivity index (χ1n) is 19.9. The molecule has 1 aromatic heterocycles. The van der Waals surface area contributed by atoms with E-state index in [2.05, 4.69) is 10.6 Å². The molecule has 0 bridgehead atoms. The summed E-state index contributed by atoms with van der Waals surface area (Å²) in [4.78, 5) is 61.7. The quantitative estimate of drug-likeness (QED) is 0.173. The van der Waals surface area contributed by atoms with Crippen molar-refractivity contribution in [2.75, 3.05) is 34.5 Å². The molecule has 8 atom stereocenters. The van der Waals surface area contributed by atoms with Gasteiger partial charge in [0, 0.05) is 43.7 Å². The molecule has 2 aromatic rings. The fraction of sp³-hybridized carbons (Fsp3) is 0.683. The Morgan fingerprint density at radius 1 is 1.00 bits per heavy atom. The van der Waals surface area contributed by atoms with Gasteiger partial charge in [-0.1, -0.05) is 45.7 Å². The topological polar surface area (TPSA) is 164 Å². The van der Waals surface area contributed by atoms with Crippen LogP contribution in [0.2, 0.25) is 5.02 Å². The maximum atomic E-state index is 14.7. The second kappa shape index (κ2) is 15.8. The van der Waals surface area contributed by atoms with Crippen molar-refractivity contribution in [1.29, 1.82) is 0 Å². The molecule has 1 saturated heterocycles. The minimum Gasteiger partial charge on any atom is -0.488 e. The van der Waals surface area contributed by atoms with Crippen LogP contribution in [0.25, 0.3) is 10.9 Å². The highest BCUT2D eigenvalue weighted by molar-refractivity contribution is 6.36. The first-order valence-corrected chi connectivity index (χ1v) is 20.2. The zero-order valence-electron chi connectivity index (χ0n) is 33.4. The van der Waals surface area contributed by atoms with E-state index in [4.69, 9.17) is 45.0 Å². The fourth-order valence-electron chi connectivity index (χ4n) is 8.60. The number of methoxy groups -OCH3 is 3. The number of hydrogen-bond donors (Lipinski definition) is 2. The van der Waals surface area contributed by atoms with Crippen LogP contribution in [-0.4, -0.2) is 104 Å². The van der Waals surface area contributed by atoms with Crippen LogP contribution in [0.3, 0.4) is 0 Å². The molecular weight excluding hydrogens is 744 g/mol. The Morgan fingerprint density at radius 3 is 2.32 bits per heavy atom. The second-order valence-electron chi connectivity index (χ2n) is 17.2. The number of likely N-dealkylation sites (tertiary alicyclic amines) is 1. The van der Waals surface area contributed by atoms with Crippen LogP contribution in [0, 0.1) is 23.2 Å². The zero-order chi connectivity index (χ0) is 40.1. The minimum absolute atomic E-state index is 0.0432. The van der Waals surface area contributed by atoms with E-state index >= 15 is 0 Å². The summed E-state index contributed by atoms with van der Waals surface area (Å²) < 4.78 is 34.1. The second-order valence-corrected chi connectivity index (χ2v) is 17.6. The number of alkyl carbamates (subject to hydrolysis) is 1. The predicted octanol–water partition coefficient (Wildman–Crippen LogP) is 5.51. The molecule has 1 aromatic carbocycles. The molecule has 3 amide bonds. The molecule has 14 nitrogen and oxygen atoms in total. The SMILES string of the molecule is CC[C@@H]1C[C@]1(NC(=O)[C@@H]1C[C@@H](Oc2cc(C3CC3)nc3c(Cl)c(OCC(OC)OC)ccc23)CN1C(=O)[C@@H](NC(=O)O[C@@H]1C[C@@H]2C[C@@H]2C1)C(C)(C)C)C(=O)OC. The molecular formula is C41H55ClN4O10. The third kappa shape index (κ3) is 8.24. The van der Waals surface area contributed by atoms with Crippen LogP contribution in [0.4, 0.5) is 4.79 Å². The van der Waals surface area contributed by atoms with Crippen LogP contribution < -0.4 is 20.1 Å². The minimum atomic E-state index is -1.16. The van der Waals surface area contributed by atoms with E-state index in [1.165, 1.54) is 32.7 Å². The van der Waals surface area contributed by atoms with Crippen molar-refractivity contribution in [3.05, 3.63) is 28.9 Å². The Bertz CT molecular complexity index is 1840. The van der Waals surface area contributed by atoms with Gasteiger partial charge in [0.05, 0.1) is 19.2 Å². The summed E-state index contributed by atoms with van der Waals surface area (Å²) in [5.74, 6) is 0.879. The van der Waals surface area contributed by atoms with E-state index in [-0.39, 0.29) is 37.5 Å². The summed E-state index contributed by atoms with van der Waals surface area (Å²) in [6.07, 6.45) is 4.03. The fourth-order valence-corrected chi connectivity index (χ4v) is 8.87. The van der Waals surface area contributed by atoms with Crippen LogP contribution in [-0.2, 0) is 33.3 Å². The van der Waals surface area contributed by atoms with Gasteiger partial charge in [0.25, 0.3) is 0 Å². The highest BCUT2D eigenvalue weighted by Crippen LogP contribution is 2.52. The number of fused-ring (bicyclic) bond motifs is 2. The summed E-state index contributed by atoms with van der Waals surface area (Å²) in [5, 5.41) is 6.78. The van der Waals surface area contributed by atoms with Crippen LogP contribution >= 0.6 is 11.6 Å². The summed E-state index contributed by atoms with van der Waals surface area (Å²) >= 11 is 6.92. The van der Waals surface area contributed by atoms with Gasteiger partial charge in [-0.05, 0) is 73.8 Å². The molecule has 0 unspecified atom stereocenters. The Labute approximate surface area is 332 Å². The Kier molecular flexibility index (Phi) is 11.4. The molecule has 4 saturated carbocycles. The third-order valence-corrected chi connectivity index (χ3v) is 12.6. The van der Waals surface area contributed by atoms with Gasteiger partial charge in [0.15, 0.2) is 6.29 Å². The molecule has 4 aliphatic carbocycles. The van der Waals surface area contributed by atoms with E-state index in [0.29, 0.717) is 52.1 Å². The number of carbonyl (C=O) groups is 4. The number of hydrogen-bond acceptors (Lipinski definition) is 11. The van der Waals surface area contributed by atoms with E-state index in [1.807, 2.05) is 39.8 Å². The van der Waals surface area contributed by atoms with Crippen LogP contribution in [0.15, 0.2) is 18.2 Å². The first kappa shape index (κ1) is 40.3. The Balaban J connectivity index is 1.16. The molecule has 15 heteroatoms. The van der Waals surface area contributed by atoms with Crippen molar-refractivity contribution in [2.45, 2.75) is 121 Å². The van der Waals surface area contributed by atoms with Gasteiger partial charge in [-0.3, -0.25) is 14.6 Å². The number of esters is 1. The van der Waals surface area contributed by atoms with Gasteiger partial charge in [0.1, 0.15) is 53.0 Å². The van der Waals surface area contributed by atoms with Crippen LogP contribution in [0.1, 0.15) is 90.7 Å². The average molecular weight is 799 g/mol. The van der Waals surface area contributed by atoms with E-state index < -0.39 is 59.3 Å². The lowest BCUT2D eigenvalue weighted by Gasteiger charge is -2.35. The summed E-state index contributed by atoms with van der Waals surface area (Å²) in [5.41, 5.74) is -0.572. The van der Waals surface area contributed by atoms with Crippen molar-refractivity contribution in [1.82, 2.24) is 20.5 Å². The number of carbonyl (C=O) groups excluding carboxylic acids is 4. The molecule has 7 rings (SSSR count). The van der Waals surface area contributed by atoms with Crippen molar-refractivity contribution in [3.63, 3.8) is 0 Å². The summed E-state index contributed by atoms with van der Waals surface area (Å²) in [6, 6.07) is 3.44. The molecule has 306 valence electrons. The van der Waals surface area contributed by atoms with Gasteiger partial charge in [-0.25, -0.2) is 9.59 Å². The molecule has 2 heterocycles. The van der Waals surface area contributed by atoms with Gasteiger partial charge in [0.2, 0.25) is 11.8 Å². The van der Waals surface area contributed by atoms with E-state index in [1.54, 1.807) is 6.07 Å². The summed E-state index contributed by atoms with van der Waals surface area (Å²) in [7, 11) is 4.35. The lowest BCUT2D eigenvalue weighted by molar-refractivity contribution is -0.148. The lowest BCUT2D eigenvalue weighted by atomic mass is 9.85. The predicted molar refractivity (Wildman–Crippen MR) is 205 cm³/mol. The van der Waals surface area contributed by atoms with Gasteiger partial charge in [-0.2, -0.15) is 0 Å². The Morgan fingerprint density at radius 2 is 1.71 bits per heavy atom. The molecule has 0 spiro atoms. The van der Waals surface area contributed by atoms with Crippen molar-refractivity contribution in [3.8, 4) is 11.5 Å². The van der Waals surface area contributed by atoms with E-state index in [9.17, 15) is 19.2 Å². The highest BCUT2D eigenvalue weighted by atomic mass is 35.5. The lowest BCUT2D eigenvalue weighted by Crippen LogP contribution is -2.59. The van der Waals surface area contributed by atoms with Crippen molar-refractivity contribution >= 4 is 46.4 Å². The normalized spacial score (nSPS) is 28.4. The van der Waals surface area contributed by atoms with Crippen LogP contribution in [0.5, 0.6) is 11.5 Å². The maximum Gasteiger partial charge on any atom is 0.408 e. The van der Waals surface area contributed by atoms with Gasteiger partial charge >= 0.3 is 12.1 Å². The number of benzene rings is 1. The number of aromatic nitrogens is 1. The van der Waals surface area contributed by atoms with E-state index in [0.717, 1.165) is 31.4 Å². The maximum absolute atomic E-state index is 14.7. The number of ether oxygens (including phenoxy) is 6. The number of nitrogens with one attached hydrogen (secondary N) is 2. The number of pyridine rings is 1. The monoisotopic (exact) mass is 798 g/mol. The number of nitrogens with zero attached hydrogens (tertiary/aromatic N) is 2. The summed E-state index contributed by atoms with van der Waals surface area (Å²) in [6.45, 7) is 7.68. The molecule has 5 aliphatic rings. The highest BCUT2D eigenvalue weighted by Gasteiger charge is 2.62. The molecule has 5 fully saturated rings. The molecule has 2 N–H and O–H groups in total. The standard InChI is InChI=1S/C41H55ClN4O10/c1-8-24-18-41(24,38(49)53-7)45-36(47)29-16-26(19-46(29)37(48)35(40(2,3)4)44-39(50)56-25-14-22-13-23(22)15-25)55-31-17-28(21-9-10-21)43-34-27(31)11-12-30(33(34)42)54-20-32(51-5)52-6/h11-12,17,21-26,29,32,35H,8-10,13-16,18-20H2,1-7H3,(H,44,50)(H,45,47)/t22-,23+,24-,25+,26-,29+,35-,41-/m1/s1. The van der Waals surface area contributed by atoms with Crippen molar-refractivity contribution in [2.24, 2.45) is 23.2 Å².